The summed E-state index contributed by atoms with van der Waals surface area (Å²) < 4.78 is 16.2. The number of anilines is 1. The molecular formula is C12H13N2O4P. The van der Waals surface area contributed by atoms with Crippen molar-refractivity contribution < 1.29 is 19.1 Å². The molecule has 0 spiro atoms. The van der Waals surface area contributed by atoms with E-state index >= 15 is 0 Å². The van der Waals surface area contributed by atoms with Crippen LogP contribution in [0.5, 0.6) is 5.75 Å². The maximum Gasteiger partial charge on any atom is 0.427 e. The Morgan fingerprint density at radius 1 is 1.26 bits per heavy atom. The number of benzene rings is 1. The molecule has 19 heavy (non-hydrogen) atoms. The highest BCUT2D eigenvalue weighted by Gasteiger charge is 2.16. The molecule has 2 rings (SSSR count). The van der Waals surface area contributed by atoms with Gasteiger partial charge in [0.05, 0.1) is 18.5 Å². The molecule has 0 radical (unpaired) electrons. The number of pyridine rings is 1. The molecule has 0 amide bonds. The van der Waals surface area contributed by atoms with Gasteiger partial charge in [0, 0.05) is 11.8 Å². The third kappa shape index (κ3) is 3.54. The van der Waals surface area contributed by atoms with Crippen molar-refractivity contribution in [2.45, 2.75) is 0 Å². The van der Waals surface area contributed by atoms with Crippen LogP contribution in [0.15, 0.2) is 42.6 Å². The Balaban J connectivity index is 2.52. The molecule has 1 heterocycles. The summed E-state index contributed by atoms with van der Waals surface area (Å²) >= 11 is 0. The zero-order valence-corrected chi connectivity index (χ0v) is 11.0. The Kier molecular flexibility index (Phi) is 3.85. The second kappa shape index (κ2) is 5.40. The number of hydrogen-bond acceptors (Lipinski definition) is 3. The minimum Gasteiger partial charge on any atom is -0.497 e. The molecule has 7 heteroatoms. The quantitative estimate of drug-likeness (QED) is 0.744. The van der Waals surface area contributed by atoms with Gasteiger partial charge in [-0.3, -0.25) is 10.1 Å². The van der Waals surface area contributed by atoms with E-state index in [1.54, 1.807) is 42.6 Å². The van der Waals surface area contributed by atoms with Crippen molar-refractivity contribution in [3.8, 4) is 17.0 Å². The molecule has 0 unspecified atom stereocenters. The summed E-state index contributed by atoms with van der Waals surface area (Å²) in [5, 5.41) is 2.17. The lowest BCUT2D eigenvalue weighted by Crippen LogP contribution is -1.98. The van der Waals surface area contributed by atoms with Crippen LogP contribution in [-0.2, 0) is 4.57 Å². The summed E-state index contributed by atoms with van der Waals surface area (Å²) in [6.07, 6.45) is 1.61. The first-order valence-corrected chi connectivity index (χ1v) is 7.04. The normalized spacial score (nSPS) is 11.1. The molecular weight excluding hydrogens is 267 g/mol. The van der Waals surface area contributed by atoms with Crippen LogP contribution in [-0.4, -0.2) is 21.9 Å². The fraction of sp³-hybridized carbons (Fsp3) is 0.0833. The van der Waals surface area contributed by atoms with E-state index in [0.29, 0.717) is 22.7 Å². The fourth-order valence-corrected chi connectivity index (χ4v) is 2.15. The lowest BCUT2D eigenvalue weighted by Gasteiger charge is -2.13. The van der Waals surface area contributed by atoms with E-state index in [4.69, 9.17) is 14.5 Å². The Hall–Kier alpha value is -1.88. The SMILES string of the molecule is COc1ccc(NP(=O)(O)O)c(-c2ccccn2)c1. The van der Waals surface area contributed by atoms with E-state index in [1.807, 2.05) is 0 Å². The third-order valence-electron chi connectivity index (χ3n) is 2.43. The van der Waals surface area contributed by atoms with Crippen molar-refractivity contribution in [1.29, 1.82) is 0 Å². The fourth-order valence-electron chi connectivity index (χ4n) is 1.64. The van der Waals surface area contributed by atoms with Gasteiger partial charge >= 0.3 is 7.75 Å². The van der Waals surface area contributed by atoms with Gasteiger partial charge in [-0.15, -0.1) is 0 Å². The number of methoxy groups -OCH3 is 1. The topological polar surface area (TPSA) is 91.7 Å². The van der Waals surface area contributed by atoms with E-state index in [-0.39, 0.29) is 0 Å². The lowest BCUT2D eigenvalue weighted by atomic mass is 10.1. The van der Waals surface area contributed by atoms with Crippen molar-refractivity contribution in [1.82, 2.24) is 4.98 Å². The molecule has 2 aromatic rings. The van der Waals surface area contributed by atoms with Gasteiger partial charge in [-0.1, -0.05) is 6.07 Å². The van der Waals surface area contributed by atoms with Crippen LogP contribution in [0.3, 0.4) is 0 Å². The monoisotopic (exact) mass is 280 g/mol. The van der Waals surface area contributed by atoms with Gasteiger partial charge in [-0.2, -0.15) is 0 Å². The standard InChI is InChI=1S/C12H13N2O4P/c1-18-9-5-6-12(14-19(15,16)17)10(8-9)11-4-2-3-7-13-11/h2-8H,1H3,(H3,14,15,16,17). The van der Waals surface area contributed by atoms with Crippen LogP contribution in [0.4, 0.5) is 5.69 Å². The number of ether oxygens (including phenoxy) is 1. The molecule has 0 saturated heterocycles. The molecule has 0 aliphatic heterocycles. The lowest BCUT2D eigenvalue weighted by molar-refractivity contribution is 0.380. The third-order valence-corrected chi connectivity index (χ3v) is 2.97. The van der Waals surface area contributed by atoms with Crippen LogP contribution in [0, 0.1) is 0 Å². The van der Waals surface area contributed by atoms with Gasteiger partial charge in [-0.25, -0.2) is 4.57 Å². The minimum atomic E-state index is -4.38. The number of rotatable bonds is 4. The highest BCUT2D eigenvalue weighted by molar-refractivity contribution is 7.53. The zero-order valence-electron chi connectivity index (χ0n) is 10.1. The maximum absolute atomic E-state index is 11.1. The van der Waals surface area contributed by atoms with E-state index < -0.39 is 7.75 Å². The Morgan fingerprint density at radius 2 is 2.05 bits per heavy atom. The Morgan fingerprint density at radius 3 is 2.63 bits per heavy atom. The Bertz CT molecular complexity index is 612. The predicted octanol–water partition coefficient (Wildman–Crippen LogP) is 2.26. The highest BCUT2D eigenvalue weighted by atomic mass is 31.2. The largest absolute Gasteiger partial charge is 0.497 e. The smallest absolute Gasteiger partial charge is 0.427 e. The van der Waals surface area contributed by atoms with Crippen molar-refractivity contribution in [3.63, 3.8) is 0 Å². The molecule has 3 N–H and O–H groups in total. The van der Waals surface area contributed by atoms with Crippen LogP contribution < -0.4 is 9.82 Å². The first-order valence-electron chi connectivity index (χ1n) is 5.43. The summed E-state index contributed by atoms with van der Waals surface area (Å²) in [5.41, 5.74) is 1.45. The number of nitrogens with zero attached hydrogens (tertiary/aromatic N) is 1. The molecule has 1 aromatic carbocycles. The van der Waals surface area contributed by atoms with Crippen molar-refractivity contribution in [2.24, 2.45) is 0 Å². The average molecular weight is 280 g/mol. The first-order chi connectivity index (χ1) is 8.99. The molecule has 0 atom stereocenters. The van der Waals surface area contributed by atoms with E-state index in [1.165, 1.54) is 7.11 Å². The molecule has 0 saturated carbocycles. The van der Waals surface area contributed by atoms with E-state index in [2.05, 4.69) is 10.1 Å². The van der Waals surface area contributed by atoms with Gasteiger partial charge in [0.1, 0.15) is 5.75 Å². The molecule has 1 aromatic heterocycles. The zero-order chi connectivity index (χ0) is 13.9. The summed E-state index contributed by atoms with van der Waals surface area (Å²) in [6.45, 7) is 0. The van der Waals surface area contributed by atoms with E-state index in [0.717, 1.165) is 0 Å². The molecule has 0 aliphatic carbocycles. The van der Waals surface area contributed by atoms with Crippen LogP contribution in [0.2, 0.25) is 0 Å². The van der Waals surface area contributed by atoms with E-state index in [9.17, 15) is 4.57 Å². The summed E-state index contributed by atoms with van der Waals surface area (Å²) in [7, 11) is -2.86. The number of aromatic nitrogens is 1. The summed E-state index contributed by atoms with van der Waals surface area (Å²) in [6, 6.07) is 10.1. The van der Waals surface area contributed by atoms with Crippen LogP contribution >= 0.6 is 7.75 Å². The second-order valence-electron chi connectivity index (χ2n) is 3.78. The van der Waals surface area contributed by atoms with Crippen molar-refractivity contribution in [3.05, 3.63) is 42.6 Å². The van der Waals surface area contributed by atoms with Gasteiger partial charge in [0.15, 0.2) is 0 Å². The second-order valence-corrected chi connectivity index (χ2v) is 5.09. The molecule has 100 valence electrons. The van der Waals surface area contributed by atoms with Gasteiger partial charge in [-0.05, 0) is 30.3 Å². The molecule has 6 nitrogen and oxygen atoms in total. The summed E-state index contributed by atoms with van der Waals surface area (Å²) in [5.74, 6) is 0.580. The van der Waals surface area contributed by atoms with Gasteiger partial charge < -0.3 is 14.5 Å². The molecule has 0 fully saturated rings. The number of hydrogen-bond donors (Lipinski definition) is 3. The molecule has 0 aliphatic rings. The number of nitrogens with one attached hydrogen (secondary N) is 1. The van der Waals surface area contributed by atoms with Crippen LogP contribution in [0.1, 0.15) is 0 Å². The van der Waals surface area contributed by atoms with Crippen molar-refractivity contribution in [2.75, 3.05) is 12.2 Å². The van der Waals surface area contributed by atoms with Crippen LogP contribution in [0.25, 0.3) is 11.3 Å². The van der Waals surface area contributed by atoms with Gasteiger partial charge in [0.2, 0.25) is 0 Å². The van der Waals surface area contributed by atoms with Crippen molar-refractivity contribution >= 4 is 13.4 Å². The summed E-state index contributed by atoms with van der Waals surface area (Å²) in [4.78, 5) is 22.2. The minimum absolute atomic E-state index is 0.299. The Labute approximate surface area is 110 Å². The predicted molar refractivity (Wildman–Crippen MR) is 71.9 cm³/mol. The first kappa shape index (κ1) is 13.5. The molecule has 0 bridgehead atoms. The average Bonchev–Trinajstić information content (AvgIpc) is 2.38. The maximum atomic E-state index is 11.1. The van der Waals surface area contributed by atoms with Gasteiger partial charge in [0.25, 0.3) is 0 Å². The highest BCUT2D eigenvalue weighted by Crippen LogP contribution is 2.40.